The predicted octanol–water partition coefficient (Wildman–Crippen LogP) is 2.59. The number of likely N-dealkylation sites (tertiary alicyclic amines) is 1. The highest BCUT2D eigenvalue weighted by Gasteiger charge is 2.33. The minimum absolute atomic E-state index is 0.0459. The molecule has 0 saturated carbocycles. The summed E-state index contributed by atoms with van der Waals surface area (Å²) in [6.45, 7) is 5.33. The van der Waals surface area contributed by atoms with Gasteiger partial charge in [0.1, 0.15) is 6.33 Å². The van der Waals surface area contributed by atoms with E-state index in [1.807, 2.05) is 44.2 Å². The van der Waals surface area contributed by atoms with E-state index in [1.54, 1.807) is 11.1 Å². The molecule has 3 heterocycles. The van der Waals surface area contributed by atoms with Gasteiger partial charge in [-0.3, -0.25) is 9.59 Å². The Bertz CT molecular complexity index is 1060. The van der Waals surface area contributed by atoms with Crippen molar-refractivity contribution >= 4 is 11.8 Å². The van der Waals surface area contributed by atoms with Crippen molar-refractivity contribution in [1.29, 1.82) is 0 Å². The van der Waals surface area contributed by atoms with Crippen LogP contribution in [0.4, 0.5) is 0 Å². The summed E-state index contributed by atoms with van der Waals surface area (Å²) < 4.78 is 5.37. The van der Waals surface area contributed by atoms with Gasteiger partial charge in [0.15, 0.2) is 5.76 Å². The Morgan fingerprint density at radius 3 is 2.77 bits per heavy atom. The highest BCUT2D eigenvalue weighted by Crippen LogP contribution is 2.30. The second-order valence-corrected chi connectivity index (χ2v) is 7.37. The van der Waals surface area contributed by atoms with Gasteiger partial charge in [0.05, 0.1) is 22.9 Å². The van der Waals surface area contributed by atoms with Crippen molar-refractivity contribution in [3.05, 3.63) is 54.1 Å². The lowest BCUT2D eigenvalue weighted by molar-refractivity contribution is -0.128. The van der Waals surface area contributed by atoms with Crippen molar-refractivity contribution in [3.8, 4) is 22.6 Å². The van der Waals surface area contributed by atoms with Crippen LogP contribution in [0.5, 0.6) is 0 Å². The van der Waals surface area contributed by atoms with Crippen LogP contribution in [0.25, 0.3) is 22.6 Å². The fourth-order valence-corrected chi connectivity index (χ4v) is 3.60. The average molecular weight is 405 g/mol. The first-order valence-corrected chi connectivity index (χ1v) is 9.93. The van der Waals surface area contributed by atoms with Crippen molar-refractivity contribution < 1.29 is 14.1 Å². The van der Waals surface area contributed by atoms with E-state index in [9.17, 15) is 9.59 Å². The van der Waals surface area contributed by atoms with E-state index in [-0.39, 0.29) is 24.2 Å². The topological polar surface area (TPSA) is 101 Å². The first-order valence-electron chi connectivity index (χ1n) is 9.93. The van der Waals surface area contributed by atoms with Crippen molar-refractivity contribution in [3.63, 3.8) is 0 Å². The fraction of sp³-hybridized carbons (Fsp3) is 0.318. The molecule has 1 aliphatic rings. The number of hydrogen-bond acceptors (Lipinski definition) is 6. The number of aryl methyl sites for hydroxylation is 1. The summed E-state index contributed by atoms with van der Waals surface area (Å²) in [7, 11) is 0. The molecular formula is C22H23N5O3. The van der Waals surface area contributed by atoms with Crippen LogP contribution in [0, 0.1) is 12.8 Å². The lowest BCUT2D eigenvalue weighted by atomic mass is 10.0. The zero-order valence-corrected chi connectivity index (χ0v) is 17.0. The van der Waals surface area contributed by atoms with E-state index < -0.39 is 0 Å². The number of carbonyl (C=O) groups is 2. The van der Waals surface area contributed by atoms with E-state index in [0.717, 1.165) is 28.1 Å². The number of rotatable bonds is 6. The lowest BCUT2D eigenvalue weighted by Gasteiger charge is -2.14. The maximum Gasteiger partial charge on any atom is 0.225 e. The van der Waals surface area contributed by atoms with Gasteiger partial charge in [-0.1, -0.05) is 29.4 Å². The van der Waals surface area contributed by atoms with Crippen molar-refractivity contribution in [2.45, 2.75) is 26.8 Å². The minimum Gasteiger partial charge on any atom is -0.356 e. The number of hydrogen-bond donors (Lipinski definition) is 1. The second-order valence-electron chi connectivity index (χ2n) is 7.37. The number of aromatic nitrogens is 3. The SMILES string of the molecule is CCN1CC(C(=O)NCc2ccc(-c3ncncc3-c3cc(C)no3)cc2)CC1=O. The third kappa shape index (κ3) is 4.07. The summed E-state index contributed by atoms with van der Waals surface area (Å²) in [5.41, 5.74) is 4.19. The van der Waals surface area contributed by atoms with Gasteiger partial charge in [0.2, 0.25) is 11.8 Å². The van der Waals surface area contributed by atoms with E-state index >= 15 is 0 Å². The van der Waals surface area contributed by atoms with Gasteiger partial charge in [0, 0.05) is 43.9 Å². The van der Waals surface area contributed by atoms with Crippen molar-refractivity contribution in [2.75, 3.05) is 13.1 Å². The smallest absolute Gasteiger partial charge is 0.225 e. The third-order valence-electron chi connectivity index (χ3n) is 5.27. The number of benzene rings is 1. The van der Waals surface area contributed by atoms with Gasteiger partial charge in [-0.15, -0.1) is 0 Å². The van der Waals surface area contributed by atoms with Gasteiger partial charge in [-0.05, 0) is 19.4 Å². The molecule has 2 aromatic heterocycles. The zero-order valence-electron chi connectivity index (χ0n) is 17.0. The molecule has 8 heteroatoms. The lowest BCUT2D eigenvalue weighted by Crippen LogP contribution is -2.32. The Kier molecular flexibility index (Phi) is 5.56. The van der Waals surface area contributed by atoms with Crippen LogP contribution >= 0.6 is 0 Å². The molecule has 2 amide bonds. The maximum atomic E-state index is 12.4. The van der Waals surface area contributed by atoms with Crippen LogP contribution in [-0.4, -0.2) is 44.9 Å². The first-order chi connectivity index (χ1) is 14.5. The van der Waals surface area contributed by atoms with Crippen molar-refractivity contribution in [2.24, 2.45) is 5.92 Å². The van der Waals surface area contributed by atoms with Crippen LogP contribution in [0.15, 0.2) is 47.4 Å². The second kappa shape index (κ2) is 8.44. The maximum absolute atomic E-state index is 12.4. The number of nitrogens with one attached hydrogen (secondary N) is 1. The molecule has 0 bridgehead atoms. The summed E-state index contributed by atoms with van der Waals surface area (Å²) in [4.78, 5) is 34.4. The molecule has 30 heavy (non-hydrogen) atoms. The Balaban J connectivity index is 1.43. The fourth-order valence-electron chi connectivity index (χ4n) is 3.60. The quantitative estimate of drug-likeness (QED) is 0.676. The van der Waals surface area contributed by atoms with Crippen molar-refractivity contribution in [1.82, 2.24) is 25.3 Å². The molecule has 1 N–H and O–H groups in total. The van der Waals surface area contributed by atoms with Crippen LogP contribution < -0.4 is 5.32 Å². The summed E-state index contributed by atoms with van der Waals surface area (Å²) in [6.07, 6.45) is 3.49. The van der Waals surface area contributed by atoms with Crippen LogP contribution in [0.1, 0.15) is 24.6 Å². The molecule has 3 aromatic rings. The van der Waals surface area contributed by atoms with E-state index in [1.165, 1.54) is 6.33 Å². The third-order valence-corrected chi connectivity index (χ3v) is 5.27. The van der Waals surface area contributed by atoms with E-state index in [2.05, 4.69) is 20.4 Å². The highest BCUT2D eigenvalue weighted by molar-refractivity contribution is 5.89. The van der Waals surface area contributed by atoms with Gasteiger partial charge in [-0.25, -0.2) is 9.97 Å². The van der Waals surface area contributed by atoms with Crippen LogP contribution in [0.3, 0.4) is 0 Å². The minimum atomic E-state index is -0.273. The number of nitrogens with zero attached hydrogens (tertiary/aromatic N) is 4. The van der Waals surface area contributed by atoms with Crippen LogP contribution in [0.2, 0.25) is 0 Å². The molecule has 1 aromatic carbocycles. The Labute approximate surface area is 174 Å². The molecule has 0 radical (unpaired) electrons. The first kappa shape index (κ1) is 19.8. The molecule has 1 atom stereocenters. The van der Waals surface area contributed by atoms with E-state index in [4.69, 9.17) is 4.52 Å². The van der Waals surface area contributed by atoms with Crippen LogP contribution in [-0.2, 0) is 16.1 Å². The molecule has 4 rings (SSSR count). The molecule has 1 saturated heterocycles. The Morgan fingerprint density at radius 1 is 1.30 bits per heavy atom. The molecule has 1 aliphatic heterocycles. The highest BCUT2D eigenvalue weighted by atomic mass is 16.5. The van der Waals surface area contributed by atoms with E-state index in [0.29, 0.717) is 25.4 Å². The normalized spacial score (nSPS) is 16.1. The molecule has 1 fully saturated rings. The predicted molar refractivity (Wildman–Crippen MR) is 110 cm³/mol. The molecule has 1 unspecified atom stereocenters. The van der Waals surface area contributed by atoms with Gasteiger partial charge in [-0.2, -0.15) is 0 Å². The Morgan fingerprint density at radius 2 is 2.10 bits per heavy atom. The molecule has 8 nitrogen and oxygen atoms in total. The Hall–Kier alpha value is -3.55. The molecule has 0 spiro atoms. The zero-order chi connectivity index (χ0) is 21.1. The van der Waals surface area contributed by atoms with Gasteiger partial charge < -0.3 is 14.7 Å². The molecular weight excluding hydrogens is 382 g/mol. The number of amides is 2. The average Bonchev–Trinajstić information content (AvgIpc) is 3.37. The largest absolute Gasteiger partial charge is 0.356 e. The number of carbonyl (C=O) groups excluding carboxylic acids is 2. The van der Waals surface area contributed by atoms with Gasteiger partial charge in [0.25, 0.3) is 0 Å². The molecule has 0 aliphatic carbocycles. The molecule has 154 valence electrons. The summed E-state index contributed by atoms with van der Waals surface area (Å²) in [6, 6.07) is 9.65. The van der Waals surface area contributed by atoms with Gasteiger partial charge >= 0.3 is 0 Å². The monoisotopic (exact) mass is 405 g/mol. The summed E-state index contributed by atoms with van der Waals surface area (Å²) in [5, 5.41) is 6.87. The summed E-state index contributed by atoms with van der Waals surface area (Å²) in [5.74, 6) is 0.309. The summed E-state index contributed by atoms with van der Waals surface area (Å²) >= 11 is 0. The standard InChI is InChI=1S/C22H23N5O3/c1-3-27-12-17(9-20(27)28)22(29)24-10-15-4-6-16(7-5-15)21-18(11-23-13-25-21)19-8-14(2)26-30-19/h4-8,11,13,17H,3,9-10,12H2,1-2H3,(H,24,29).